The molecule has 0 atom stereocenters. The molecule has 2 heterocycles. The molecule has 2 aromatic heterocycles. The van der Waals surface area contributed by atoms with E-state index >= 15 is 0 Å². The maximum absolute atomic E-state index is 9.63. The van der Waals surface area contributed by atoms with Crippen LogP contribution in [0.4, 0.5) is 0 Å². The summed E-state index contributed by atoms with van der Waals surface area (Å²) < 4.78 is 1.71. The highest BCUT2D eigenvalue weighted by molar-refractivity contribution is 7.80. The number of nitrogens with zero attached hydrogens (tertiary/aromatic N) is 3. The topological polar surface area (TPSA) is 77.0 Å². The number of hydrogen-bond acceptors (Lipinski definition) is 4. The number of nitrogens with two attached hydrogens (primary N) is 1. The van der Waals surface area contributed by atoms with Crippen LogP contribution in [-0.4, -0.2) is 24.6 Å². The van der Waals surface area contributed by atoms with E-state index in [0.717, 1.165) is 10.8 Å². The van der Waals surface area contributed by atoms with Crippen LogP contribution in [0.2, 0.25) is 0 Å². The van der Waals surface area contributed by atoms with Crippen molar-refractivity contribution in [2.24, 2.45) is 5.73 Å². The van der Waals surface area contributed by atoms with E-state index in [1.165, 1.54) is 0 Å². The molecule has 0 bridgehead atoms. The highest BCUT2D eigenvalue weighted by atomic mass is 32.1. The Morgan fingerprint density at radius 3 is 2.84 bits per heavy atom. The number of rotatable bonds is 2. The third kappa shape index (κ3) is 1.92. The van der Waals surface area contributed by atoms with Crippen molar-refractivity contribution in [2.75, 3.05) is 0 Å². The van der Waals surface area contributed by atoms with Crippen molar-refractivity contribution < 1.29 is 5.11 Å². The third-order valence-corrected chi connectivity index (χ3v) is 3.00. The Bertz CT molecular complexity index is 781. The van der Waals surface area contributed by atoms with Crippen LogP contribution in [0.1, 0.15) is 5.82 Å². The minimum atomic E-state index is 0.179. The number of fused-ring (bicyclic) bond motifs is 1. The molecule has 0 radical (unpaired) electrons. The molecule has 94 valence electrons. The van der Waals surface area contributed by atoms with Crippen LogP contribution in [-0.2, 0) is 0 Å². The molecule has 5 nitrogen and oxygen atoms in total. The quantitative estimate of drug-likeness (QED) is 0.694. The first kappa shape index (κ1) is 11.6. The first-order chi connectivity index (χ1) is 9.16. The zero-order valence-corrected chi connectivity index (χ0v) is 10.6. The van der Waals surface area contributed by atoms with Crippen LogP contribution in [0.5, 0.6) is 5.75 Å². The number of phenolic OH excluding ortho intramolecular Hbond substituents is 1. The fraction of sp³-hybridized carbons (Fsp3) is 0. The fourth-order valence-electron chi connectivity index (χ4n) is 1.99. The fourth-order valence-corrected chi connectivity index (χ4v) is 2.14. The molecule has 0 saturated heterocycles. The summed E-state index contributed by atoms with van der Waals surface area (Å²) in [6, 6.07) is 6.98. The Hall–Kier alpha value is -2.47. The average Bonchev–Trinajstić information content (AvgIpc) is 2.87. The van der Waals surface area contributed by atoms with E-state index in [4.69, 9.17) is 18.0 Å². The molecule has 0 unspecified atom stereocenters. The van der Waals surface area contributed by atoms with Crippen molar-refractivity contribution in [2.45, 2.75) is 0 Å². The zero-order chi connectivity index (χ0) is 13.4. The van der Waals surface area contributed by atoms with E-state index in [9.17, 15) is 5.11 Å². The van der Waals surface area contributed by atoms with Gasteiger partial charge in [0.15, 0.2) is 5.82 Å². The standard InChI is InChI=1S/C13H10N4OS/c14-11(19)13-16-5-6-17(13)12-10-7-9(18)2-1-8(10)3-4-15-12/h1-7,18H,(H2,14,19). The van der Waals surface area contributed by atoms with Gasteiger partial charge in [-0.15, -0.1) is 0 Å². The second-order valence-electron chi connectivity index (χ2n) is 4.03. The maximum Gasteiger partial charge on any atom is 0.173 e. The molecular weight excluding hydrogens is 260 g/mol. The van der Waals surface area contributed by atoms with Gasteiger partial charge in [0.2, 0.25) is 0 Å². The highest BCUT2D eigenvalue weighted by Gasteiger charge is 2.11. The lowest BCUT2D eigenvalue weighted by Crippen LogP contribution is -2.16. The predicted octanol–water partition coefficient (Wildman–Crippen LogP) is 1.76. The molecule has 0 aliphatic heterocycles. The third-order valence-electron chi connectivity index (χ3n) is 2.82. The maximum atomic E-state index is 9.63. The lowest BCUT2D eigenvalue weighted by atomic mass is 10.1. The van der Waals surface area contributed by atoms with Gasteiger partial charge in [-0.3, -0.25) is 4.57 Å². The van der Waals surface area contributed by atoms with Crippen LogP contribution in [0.3, 0.4) is 0 Å². The molecule has 0 aliphatic rings. The van der Waals surface area contributed by atoms with E-state index in [0.29, 0.717) is 11.6 Å². The van der Waals surface area contributed by atoms with Gasteiger partial charge >= 0.3 is 0 Å². The van der Waals surface area contributed by atoms with Crippen LogP contribution < -0.4 is 5.73 Å². The van der Waals surface area contributed by atoms with Gasteiger partial charge in [-0.2, -0.15) is 0 Å². The van der Waals surface area contributed by atoms with Gasteiger partial charge in [-0.05, 0) is 23.6 Å². The second-order valence-corrected chi connectivity index (χ2v) is 4.46. The monoisotopic (exact) mass is 270 g/mol. The molecule has 19 heavy (non-hydrogen) atoms. The number of thiocarbonyl (C=S) groups is 1. The van der Waals surface area contributed by atoms with E-state index in [2.05, 4.69) is 9.97 Å². The minimum Gasteiger partial charge on any atom is -0.508 e. The molecule has 3 N–H and O–H groups in total. The number of aromatic nitrogens is 3. The van der Waals surface area contributed by atoms with Gasteiger partial charge in [0.1, 0.15) is 16.6 Å². The van der Waals surface area contributed by atoms with Crippen LogP contribution >= 0.6 is 12.2 Å². The summed E-state index contributed by atoms with van der Waals surface area (Å²) in [5.74, 6) is 1.28. The van der Waals surface area contributed by atoms with Crippen LogP contribution in [0, 0.1) is 0 Å². The molecule has 3 rings (SSSR count). The number of aromatic hydroxyl groups is 1. The van der Waals surface area contributed by atoms with Crippen molar-refractivity contribution in [3.05, 3.63) is 48.7 Å². The van der Waals surface area contributed by atoms with Gasteiger partial charge in [0.05, 0.1) is 0 Å². The van der Waals surface area contributed by atoms with Crippen molar-refractivity contribution in [3.8, 4) is 11.6 Å². The molecule has 0 spiro atoms. The summed E-state index contributed by atoms with van der Waals surface area (Å²) in [5, 5.41) is 11.4. The molecular formula is C13H10N4OS. The molecule has 0 aliphatic carbocycles. The molecule has 6 heteroatoms. The molecule has 0 saturated carbocycles. The minimum absolute atomic E-state index is 0.179. The second kappa shape index (κ2) is 4.33. The number of imidazole rings is 1. The summed E-state index contributed by atoms with van der Waals surface area (Å²) >= 11 is 4.97. The Morgan fingerprint density at radius 2 is 2.05 bits per heavy atom. The Labute approximate surface area is 114 Å². The van der Waals surface area contributed by atoms with Crippen molar-refractivity contribution >= 4 is 28.0 Å². The Morgan fingerprint density at radius 1 is 1.21 bits per heavy atom. The summed E-state index contributed by atoms with van der Waals surface area (Å²) in [5.41, 5.74) is 5.64. The van der Waals surface area contributed by atoms with Crippen molar-refractivity contribution in [3.63, 3.8) is 0 Å². The molecule has 0 fully saturated rings. The SMILES string of the molecule is NC(=S)c1nccn1-c1nccc2ccc(O)cc12. The Kier molecular flexibility index (Phi) is 2.64. The van der Waals surface area contributed by atoms with Gasteiger partial charge in [0.25, 0.3) is 0 Å². The van der Waals surface area contributed by atoms with Gasteiger partial charge in [-0.25, -0.2) is 9.97 Å². The Balaban J connectivity index is 2.33. The molecule has 1 aromatic carbocycles. The van der Waals surface area contributed by atoms with Gasteiger partial charge in [-0.1, -0.05) is 18.3 Å². The lowest BCUT2D eigenvalue weighted by Gasteiger charge is -2.09. The summed E-state index contributed by atoms with van der Waals surface area (Å²) in [6.07, 6.45) is 5.04. The lowest BCUT2D eigenvalue weighted by molar-refractivity contribution is 0.476. The molecule has 3 aromatic rings. The zero-order valence-electron chi connectivity index (χ0n) is 9.82. The smallest absolute Gasteiger partial charge is 0.173 e. The summed E-state index contributed by atoms with van der Waals surface area (Å²) in [6.45, 7) is 0. The van der Waals surface area contributed by atoms with E-state index in [-0.39, 0.29) is 10.7 Å². The van der Waals surface area contributed by atoms with Gasteiger partial charge < -0.3 is 10.8 Å². The summed E-state index contributed by atoms with van der Waals surface area (Å²) in [7, 11) is 0. The van der Waals surface area contributed by atoms with E-state index in [1.54, 1.807) is 35.3 Å². The first-order valence-corrected chi connectivity index (χ1v) is 5.99. The number of hydrogen-bond donors (Lipinski definition) is 2. The van der Waals surface area contributed by atoms with Crippen molar-refractivity contribution in [1.29, 1.82) is 0 Å². The van der Waals surface area contributed by atoms with Gasteiger partial charge in [0, 0.05) is 24.0 Å². The first-order valence-electron chi connectivity index (χ1n) is 5.58. The number of pyridine rings is 1. The molecule has 0 amide bonds. The number of phenols is 1. The largest absolute Gasteiger partial charge is 0.508 e. The summed E-state index contributed by atoms with van der Waals surface area (Å²) in [4.78, 5) is 8.64. The average molecular weight is 270 g/mol. The van der Waals surface area contributed by atoms with Crippen LogP contribution in [0.15, 0.2) is 42.9 Å². The van der Waals surface area contributed by atoms with Crippen molar-refractivity contribution in [1.82, 2.24) is 14.5 Å². The normalized spacial score (nSPS) is 10.7. The number of benzene rings is 1. The van der Waals surface area contributed by atoms with E-state index < -0.39 is 0 Å². The highest BCUT2D eigenvalue weighted by Crippen LogP contribution is 2.24. The predicted molar refractivity (Wildman–Crippen MR) is 76.4 cm³/mol. The van der Waals surface area contributed by atoms with Crippen LogP contribution in [0.25, 0.3) is 16.6 Å². The van der Waals surface area contributed by atoms with E-state index in [1.807, 2.05) is 12.1 Å².